The number of ether oxygens (including phenoxy) is 1. The number of hydrogen-bond donors (Lipinski definition) is 1. The molecule has 0 spiro atoms. The van der Waals surface area contributed by atoms with Gasteiger partial charge in [0.25, 0.3) is 0 Å². The highest BCUT2D eigenvalue weighted by Crippen LogP contribution is 2.24. The fourth-order valence-corrected chi connectivity index (χ4v) is 1.91. The van der Waals surface area contributed by atoms with Gasteiger partial charge in [-0.3, -0.25) is 4.79 Å². The third-order valence-electron chi connectivity index (χ3n) is 3.00. The molecule has 0 amide bonds. The number of nitrogens with two attached hydrogens (primary N) is 1. The summed E-state index contributed by atoms with van der Waals surface area (Å²) in [4.78, 5) is 16.3. The number of aryl methyl sites for hydroxylation is 2. The summed E-state index contributed by atoms with van der Waals surface area (Å²) in [6.45, 7) is 4.06. The number of aromatic nitrogens is 3. The smallest absolute Gasteiger partial charge is 0.321 e. The minimum atomic E-state index is -0.654. The lowest BCUT2D eigenvalue weighted by atomic mass is 9.97. The fourth-order valence-electron chi connectivity index (χ4n) is 1.91. The molecule has 0 aliphatic carbocycles. The van der Waals surface area contributed by atoms with Crippen LogP contribution in [0.1, 0.15) is 29.8 Å². The number of esters is 1. The molecule has 1 aromatic carbocycles. The Kier molecular flexibility index (Phi) is 4.02. The van der Waals surface area contributed by atoms with Gasteiger partial charge in [0, 0.05) is 7.05 Å². The lowest BCUT2D eigenvalue weighted by Gasteiger charge is -2.13. The van der Waals surface area contributed by atoms with Crippen molar-refractivity contribution in [2.45, 2.75) is 19.8 Å². The molecule has 1 aromatic heterocycles. The summed E-state index contributed by atoms with van der Waals surface area (Å²) in [6.07, 6.45) is 0. The van der Waals surface area contributed by atoms with E-state index in [1.807, 2.05) is 31.2 Å². The Hall–Kier alpha value is -2.37. The minimum Gasteiger partial charge on any atom is -0.465 e. The van der Waals surface area contributed by atoms with Crippen molar-refractivity contribution in [3.8, 4) is 0 Å². The SMILES string of the molecule is CCOC(=O)C(c1ccc(C)cc1)c1nc(N)n(C)n1. The number of nitrogen functional groups attached to an aromatic ring is 1. The normalized spacial score (nSPS) is 12.2. The Bertz CT molecular complexity index is 585. The number of carbonyl (C=O) groups is 1. The van der Waals surface area contributed by atoms with E-state index in [0.29, 0.717) is 12.4 Å². The first kappa shape index (κ1) is 14.0. The minimum absolute atomic E-state index is 0.265. The van der Waals surface area contributed by atoms with Crippen LogP contribution in [-0.4, -0.2) is 27.3 Å². The molecule has 0 fully saturated rings. The molecule has 106 valence electrons. The van der Waals surface area contributed by atoms with Crippen LogP contribution in [0.3, 0.4) is 0 Å². The van der Waals surface area contributed by atoms with Crippen LogP contribution in [0.4, 0.5) is 5.95 Å². The molecule has 2 N–H and O–H groups in total. The van der Waals surface area contributed by atoms with Crippen LogP contribution in [0.15, 0.2) is 24.3 Å². The van der Waals surface area contributed by atoms with Crippen LogP contribution < -0.4 is 5.73 Å². The number of anilines is 1. The van der Waals surface area contributed by atoms with Gasteiger partial charge < -0.3 is 10.5 Å². The number of rotatable bonds is 4. The molecule has 1 unspecified atom stereocenters. The molecular formula is C14H18N4O2. The van der Waals surface area contributed by atoms with Gasteiger partial charge in [0.05, 0.1) is 6.61 Å². The molecule has 0 saturated carbocycles. The lowest BCUT2D eigenvalue weighted by Crippen LogP contribution is -2.19. The molecule has 2 rings (SSSR count). The summed E-state index contributed by atoms with van der Waals surface area (Å²) < 4.78 is 6.56. The average molecular weight is 274 g/mol. The van der Waals surface area contributed by atoms with Crippen LogP contribution in [0, 0.1) is 6.92 Å². The molecule has 0 bridgehead atoms. The Balaban J connectivity index is 2.44. The molecule has 6 nitrogen and oxygen atoms in total. The first-order valence-corrected chi connectivity index (χ1v) is 6.42. The van der Waals surface area contributed by atoms with Crippen LogP contribution in [0.2, 0.25) is 0 Å². The van der Waals surface area contributed by atoms with Crippen molar-refractivity contribution in [3.63, 3.8) is 0 Å². The zero-order valence-electron chi connectivity index (χ0n) is 11.8. The van der Waals surface area contributed by atoms with Crippen LogP contribution in [-0.2, 0) is 16.6 Å². The van der Waals surface area contributed by atoms with Gasteiger partial charge in [-0.15, -0.1) is 0 Å². The van der Waals surface area contributed by atoms with Crippen molar-refractivity contribution in [2.24, 2.45) is 7.05 Å². The zero-order valence-corrected chi connectivity index (χ0v) is 11.8. The number of hydrogen-bond acceptors (Lipinski definition) is 5. The second-order valence-electron chi connectivity index (χ2n) is 4.55. The maximum Gasteiger partial charge on any atom is 0.321 e. The van der Waals surface area contributed by atoms with E-state index in [1.54, 1.807) is 14.0 Å². The second kappa shape index (κ2) is 5.73. The van der Waals surface area contributed by atoms with Gasteiger partial charge in [-0.05, 0) is 19.4 Å². The number of carbonyl (C=O) groups excluding carboxylic acids is 1. The molecule has 20 heavy (non-hydrogen) atoms. The van der Waals surface area contributed by atoms with Crippen molar-refractivity contribution in [3.05, 3.63) is 41.2 Å². The first-order chi connectivity index (χ1) is 9.52. The Morgan fingerprint density at radius 2 is 2.05 bits per heavy atom. The molecule has 1 atom stereocenters. The van der Waals surface area contributed by atoms with E-state index in [0.717, 1.165) is 11.1 Å². The Morgan fingerprint density at radius 3 is 2.55 bits per heavy atom. The summed E-state index contributed by atoms with van der Waals surface area (Å²) in [5, 5.41) is 4.19. The summed E-state index contributed by atoms with van der Waals surface area (Å²) in [5.74, 6) is -0.408. The first-order valence-electron chi connectivity index (χ1n) is 6.42. The molecular weight excluding hydrogens is 256 g/mol. The van der Waals surface area contributed by atoms with Crippen molar-refractivity contribution < 1.29 is 9.53 Å². The van der Waals surface area contributed by atoms with Gasteiger partial charge in [-0.2, -0.15) is 10.1 Å². The molecule has 0 radical (unpaired) electrons. The van der Waals surface area contributed by atoms with Crippen molar-refractivity contribution >= 4 is 11.9 Å². The average Bonchev–Trinajstić information content (AvgIpc) is 2.72. The molecule has 1 heterocycles. The van der Waals surface area contributed by atoms with Gasteiger partial charge >= 0.3 is 5.97 Å². The quantitative estimate of drug-likeness (QED) is 0.852. The molecule has 2 aromatic rings. The van der Waals surface area contributed by atoms with Gasteiger partial charge in [-0.25, -0.2) is 4.68 Å². The topological polar surface area (TPSA) is 83.0 Å². The maximum absolute atomic E-state index is 12.2. The van der Waals surface area contributed by atoms with E-state index in [-0.39, 0.29) is 11.9 Å². The molecule has 0 aliphatic heterocycles. The van der Waals surface area contributed by atoms with Gasteiger partial charge in [-0.1, -0.05) is 29.8 Å². The van der Waals surface area contributed by atoms with Crippen molar-refractivity contribution in [1.82, 2.24) is 14.8 Å². The third kappa shape index (κ3) is 2.79. The van der Waals surface area contributed by atoms with Gasteiger partial charge in [0.15, 0.2) is 5.82 Å². The highest BCUT2D eigenvalue weighted by molar-refractivity contribution is 5.81. The van der Waals surface area contributed by atoms with Crippen LogP contribution in [0.25, 0.3) is 0 Å². The summed E-state index contributed by atoms with van der Waals surface area (Å²) in [6, 6.07) is 7.63. The highest BCUT2D eigenvalue weighted by atomic mass is 16.5. The summed E-state index contributed by atoms with van der Waals surface area (Å²) in [7, 11) is 1.68. The van der Waals surface area contributed by atoms with E-state index in [4.69, 9.17) is 10.5 Å². The van der Waals surface area contributed by atoms with Crippen molar-refractivity contribution in [1.29, 1.82) is 0 Å². The zero-order chi connectivity index (χ0) is 14.7. The summed E-state index contributed by atoms with van der Waals surface area (Å²) >= 11 is 0. The Labute approximate surface area is 117 Å². The summed E-state index contributed by atoms with van der Waals surface area (Å²) in [5.41, 5.74) is 7.60. The van der Waals surface area contributed by atoms with Crippen molar-refractivity contribution in [2.75, 3.05) is 12.3 Å². The van der Waals surface area contributed by atoms with Gasteiger partial charge in [0.1, 0.15) is 5.92 Å². The van der Waals surface area contributed by atoms with E-state index in [2.05, 4.69) is 10.1 Å². The molecule has 6 heteroatoms. The largest absolute Gasteiger partial charge is 0.465 e. The lowest BCUT2D eigenvalue weighted by molar-refractivity contribution is -0.144. The highest BCUT2D eigenvalue weighted by Gasteiger charge is 2.28. The van der Waals surface area contributed by atoms with E-state index >= 15 is 0 Å². The number of benzene rings is 1. The number of nitrogens with zero attached hydrogens (tertiary/aromatic N) is 3. The monoisotopic (exact) mass is 274 g/mol. The third-order valence-corrected chi connectivity index (χ3v) is 3.00. The van der Waals surface area contributed by atoms with Crippen LogP contribution in [0.5, 0.6) is 0 Å². The Morgan fingerprint density at radius 1 is 1.40 bits per heavy atom. The maximum atomic E-state index is 12.2. The van der Waals surface area contributed by atoms with Crippen LogP contribution >= 0.6 is 0 Å². The predicted octanol–water partition coefficient (Wildman–Crippen LogP) is 1.40. The standard InChI is InChI=1S/C14H18N4O2/c1-4-20-13(19)11(10-7-5-9(2)6-8-10)12-16-14(15)18(3)17-12/h5-8,11H,4H2,1-3H3,(H2,15,16,17). The van der Waals surface area contributed by atoms with E-state index < -0.39 is 5.92 Å². The molecule has 0 aliphatic rings. The van der Waals surface area contributed by atoms with Gasteiger partial charge in [0.2, 0.25) is 5.95 Å². The fraction of sp³-hybridized carbons (Fsp3) is 0.357. The second-order valence-corrected chi connectivity index (χ2v) is 4.55. The van der Waals surface area contributed by atoms with E-state index in [9.17, 15) is 4.79 Å². The predicted molar refractivity (Wildman–Crippen MR) is 75.1 cm³/mol. The molecule has 0 saturated heterocycles. The van der Waals surface area contributed by atoms with E-state index in [1.165, 1.54) is 4.68 Å².